The van der Waals surface area contributed by atoms with E-state index >= 15 is 0 Å². The van der Waals surface area contributed by atoms with Crippen LogP contribution in [0.1, 0.15) is 50.5 Å². The molecule has 2 atom stereocenters. The average Bonchev–Trinajstić information content (AvgIpc) is 2.49. The van der Waals surface area contributed by atoms with Crippen LogP contribution in [0.15, 0.2) is 24.3 Å². The Kier molecular flexibility index (Phi) is 4.49. The van der Waals surface area contributed by atoms with Gasteiger partial charge in [0.25, 0.3) is 0 Å². The SMILES string of the molecule is NC(=O)Nc1cccc(CNC(=O)CC23CC4CC(CC(Br)(C4)C2)C3)c1. The van der Waals surface area contributed by atoms with Gasteiger partial charge in [-0.25, -0.2) is 4.79 Å². The molecule has 4 N–H and O–H groups in total. The van der Waals surface area contributed by atoms with Crippen LogP contribution in [0.25, 0.3) is 0 Å². The van der Waals surface area contributed by atoms with Crippen molar-refractivity contribution in [1.82, 2.24) is 5.32 Å². The summed E-state index contributed by atoms with van der Waals surface area (Å²) in [6.45, 7) is 0.468. The summed E-state index contributed by atoms with van der Waals surface area (Å²) in [5.74, 6) is 1.72. The number of benzene rings is 1. The second-order valence-corrected chi connectivity index (χ2v) is 10.4. The molecule has 0 aliphatic heterocycles. The number of hydrogen-bond acceptors (Lipinski definition) is 2. The number of carbonyl (C=O) groups excluding carboxylic acids is 2. The zero-order valence-corrected chi connectivity index (χ0v) is 16.5. The van der Waals surface area contributed by atoms with Crippen molar-refractivity contribution in [3.63, 3.8) is 0 Å². The number of nitrogens with two attached hydrogens (primary N) is 1. The number of carbonyl (C=O) groups is 2. The lowest BCUT2D eigenvalue weighted by Gasteiger charge is -2.60. The van der Waals surface area contributed by atoms with Crippen molar-refractivity contribution in [3.05, 3.63) is 29.8 Å². The second kappa shape index (κ2) is 6.55. The number of urea groups is 1. The van der Waals surface area contributed by atoms with Crippen molar-refractivity contribution in [2.24, 2.45) is 23.0 Å². The molecule has 0 heterocycles. The quantitative estimate of drug-likeness (QED) is 0.631. The molecule has 0 spiro atoms. The highest BCUT2D eigenvalue weighted by atomic mass is 79.9. The molecule has 4 aliphatic rings. The summed E-state index contributed by atoms with van der Waals surface area (Å²) in [6.07, 6.45) is 8.12. The lowest BCUT2D eigenvalue weighted by Crippen LogP contribution is -2.54. The Morgan fingerprint density at radius 2 is 1.92 bits per heavy atom. The van der Waals surface area contributed by atoms with Crippen LogP contribution in [-0.2, 0) is 11.3 Å². The number of rotatable bonds is 5. The number of nitrogens with one attached hydrogen (secondary N) is 2. The van der Waals surface area contributed by atoms with Crippen molar-refractivity contribution in [2.45, 2.75) is 55.8 Å². The molecule has 4 fully saturated rings. The van der Waals surface area contributed by atoms with Crippen LogP contribution in [0.2, 0.25) is 0 Å². The van der Waals surface area contributed by atoms with E-state index < -0.39 is 6.03 Å². The minimum atomic E-state index is -0.586. The minimum Gasteiger partial charge on any atom is -0.352 e. The van der Waals surface area contributed by atoms with E-state index in [4.69, 9.17) is 5.73 Å². The summed E-state index contributed by atoms with van der Waals surface area (Å²) in [5, 5.41) is 5.63. The van der Waals surface area contributed by atoms with E-state index in [1.165, 1.54) is 32.1 Å². The van der Waals surface area contributed by atoms with Crippen molar-refractivity contribution in [1.29, 1.82) is 0 Å². The molecule has 3 amide bonds. The summed E-state index contributed by atoms with van der Waals surface area (Å²) in [4.78, 5) is 23.6. The first-order valence-electron chi connectivity index (χ1n) is 9.44. The molecular formula is C20H26BrN3O2. The fourth-order valence-electron chi connectivity index (χ4n) is 6.05. The average molecular weight is 420 g/mol. The zero-order valence-electron chi connectivity index (χ0n) is 14.9. The fourth-order valence-corrected chi connectivity index (χ4v) is 7.56. The monoisotopic (exact) mass is 419 g/mol. The smallest absolute Gasteiger partial charge is 0.316 e. The van der Waals surface area contributed by atoms with E-state index in [1.54, 1.807) is 6.07 Å². The standard InChI is InChI=1S/C20H26BrN3O2/c21-20-8-14-4-15(9-20)7-19(6-14,12-20)10-17(25)23-11-13-2-1-3-16(5-13)24-18(22)26/h1-3,5,14-15H,4,6-12H2,(H,23,25)(H3,22,24,26). The number of amides is 3. The van der Waals surface area contributed by atoms with Crippen molar-refractivity contribution >= 4 is 33.6 Å². The number of halogens is 1. The van der Waals surface area contributed by atoms with E-state index in [0.29, 0.717) is 18.7 Å². The number of alkyl halides is 1. The highest BCUT2D eigenvalue weighted by molar-refractivity contribution is 9.10. The summed E-state index contributed by atoms with van der Waals surface area (Å²) in [7, 11) is 0. The molecule has 1 aromatic rings. The van der Waals surface area contributed by atoms with Gasteiger partial charge >= 0.3 is 6.03 Å². The van der Waals surface area contributed by atoms with Crippen LogP contribution >= 0.6 is 15.9 Å². The Bertz CT molecular complexity index is 722. The molecule has 0 radical (unpaired) electrons. The molecular weight excluding hydrogens is 394 g/mol. The predicted octanol–water partition coefficient (Wildman–Crippen LogP) is 3.92. The first kappa shape index (κ1) is 17.8. The van der Waals surface area contributed by atoms with E-state index in [2.05, 4.69) is 26.6 Å². The van der Waals surface area contributed by atoms with Crippen LogP contribution in [0.4, 0.5) is 10.5 Å². The predicted molar refractivity (Wildman–Crippen MR) is 105 cm³/mol. The number of hydrogen-bond donors (Lipinski definition) is 3. The third-order valence-electron chi connectivity index (χ3n) is 6.33. The lowest BCUT2D eigenvalue weighted by molar-refractivity contribution is -0.128. The van der Waals surface area contributed by atoms with E-state index in [9.17, 15) is 9.59 Å². The molecule has 6 heteroatoms. The summed E-state index contributed by atoms with van der Waals surface area (Å²) in [5.41, 5.74) is 6.93. The van der Waals surface area contributed by atoms with Gasteiger partial charge < -0.3 is 16.4 Å². The third-order valence-corrected chi connectivity index (χ3v) is 7.26. The Morgan fingerprint density at radius 3 is 2.58 bits per heavy atom. The maximum atomic E-state index is 12.7. The summed E-state index contributed by atoms with van der Waals surface area (Å²) in [6, 6.07) is 6.81. The van der Waals surface area contributed by atoms with Gasteiger partial charge in [-0.05, 0) is 73.5 Å². The Hall–Kier alpha value is -1.56. The van der Waals surface area contributed by atoms with Gasteiger partial charge in [-0.3, -0.25) is 4.79 Å². The van der Waals surface area contributed by atoms with Crippen molar-refractivity contribution in [2.75, 3.05) is 5.32 Å². The van der Waals surface area contributed by atoms with Gasteiger partial charge in [0.15, 0.2) is 0 Å². The van der Waals surface area contributed by atoms with Gasteiger partial charge in [0.05, 0.1) is 0 Å². The maximum absolute atomic E-state index is 12.7. The van der Waals surface area contributed by atoms with Crippen LogP contribution in [0.5, 0.6) is 0 Å². The molecule has 1 aromatic carbocycles. The van der Waals surface area contributed by atoms with Crippen LogP contribution < -0.4 is 16.4 Å². The van der Waals surface area contributed by atoms with Gasteiger partial charge in [-0.2, -0.15) is 0 Å². The van der Waals surface area contributed by atoms with Crippen molar-refractivity contribution < 1.29 is 9.59 Å². The van der Waals surface area contributed by atoms with Gasteiger partial charge in [-0.15, -0.1) is 0 Å². The zero-order chi connectivity index (χ0) is 18.4. The van der Waals surface area contributed by atoms with E-state index in [1.807, 2.05) is 18.2 Å². The molecule has 2 unspecified atom stereocenters. The van der Waals surface area contributed by atoms with Crippen LogP contribution in [-0.4, -0.2) is 16.3 Å². The van der Waals surface area contributed by atoms with Crippen molar-refractivity contribution in [3.8, 4) is 0 Å². The molecule has 5 nitrogen and oxygen atoms in total. The van der Waals surface area contributed by atoms with Gasteiger partial charge in [-0.1, -0.05) is 28.1 Å². The van der Waals surface area contributed by atoms with Crippen LogP contribution in [0, 0.1) is 17.3 Å². The van der Waals surface area contributed by atoms with E-state index in [-0.39, 0.29) is 15.6 Å². The largest absolute Gasteiger partial charge is 0.352 e. The Labute approximate surface area is 162 Å². The first-order chi connectivity index (χ1) is 12.3. The van der Waals surface area contributed by atoms with E-state index in [0.717, 1.165) is 23.8 Å². The topological polar surface area (TPSA) is 84.2 Å². The highest BCUT2D eigenvalue weighted by Crippen LogP contribution is 2.65. The molecule has 140 valence electrons. The Balaban J connectivity index is 1.35. The normalized spacial score (nSPS) is 34.5. The number of anilines is 1. The molecule has 4 aliphatic carbocycles. The van der Waals surface area contributed by atoms with Gasteiger partial charge in [0.1, 0.15) is 0 Å². The highest BCUT2D eigenvalue weighted by Gasteiger charge is 2.57. The molecule has 26 heavy (non-hydrogen) atoms. The molecule has 5 rings (SSSR count). The summed E-state index contributed by atoms with van der Waals surface area (Å²) < 4.78 is 0.284. The first-order valence-corrected chi connectivity index (χ1v) is 10.2. The van der Waals surface area contributed by atoms with Gasteiger partial charge in [0.2, 0.25) is 5.91 Å². The molecule has 0 saturated heterocycles. The molecule has 4 saturated carbocycles. The summed E-state index contributed by atoms with van der Waals surface area (Å²) >= 11 is 4.01. The minimum absolute atomic E-state index is 0.135. The molecule has 0 aromatic heterocycles. The lowest BCUT2D eigenvalue weighted by atomic mass is 9.48. The fraction of sp³-hybridized carbons (Fsp3) is 0.600. The number of primary amides is 1. The van der Waals surface area contributed by atoms with Gasteiger partial charge in [0, 0.05) is 23.0 Å². The van der Waals surface area contributed by atoms with Crippen LogP contribution in [0.3, 0.4) is 0 Å². The third kappa shape index (κ3) is 3.75. The molecule has 4 bridgehead atoms. The second-order valence-electron chi connectivity index (χ2n) is 8.76. The maximum Gasteiger partial charge on any atom is 0.316 e. The Morgan fingerprint density at radius 1 is 1.19 bits per heavy atom.